The number of hydrogen-bond donors (Lipinski definition) is 0. The molecule has 0 radical (unpaired) electrons. The predicted molar refractivity (Wildman–Crippen MR) is 589 cm³/mol. The minimum absolute atomic E-state index is 0.141. The maximum Gasteiger partial charge on any atom is 0.252 e. The minimum Gasteiger partial charge on any atom is -0.311 e. The second kappa shape index (κ2) is 34.9. The summed E-state index contributed by atoms with van der Waals surface area (Å²) >= 11 is 0. The average Bonchev–Trinajstić information content (AvgIpc) is 1.59. The highest BCUT2D eigenvalue weighted by Gasteiger charge is 2.45. The third-order valence-corrected chi connectivity index (χ3v) is 28.2. The minimum atomic E-state index is -0.285. The zero-order valence-electron chi connectivity index (χ0n) is 81.1. The number of fused-ring (bicyclic) bond motifs is 7. The van der Waals surface area contributed by atoms with Gasteiger partial charge in [0.25, 0.3) is 6.71 Å². The Balaban J connectivity index is 0.825. The number of benzene rings is 18. The number of aromatic nitrogens is 6. The Hall–Kier alpha value is -16.5. The van der Waals surface area contributed by atoms with Crippen molar-refractivity contribution >= 4 is 79.0 Å². The first-order valence-electron chi connectivity index (χ1n) is 48.8. The van der Waals surface area contributed by atoms with Crippen molar-refractivity contribution in [2.75, 3.05) is 9.80 Å². The Bertz CT molecular complexity index is 7790. The molecule has 0 amide bonds. The quantitative estimate of drug-likeness (QED) is 0.0892. The molecule has 0 aliphatic carbocycles. The fourth-order valence-electron chi connectivity index (χ4n) is 20.5. The smallest absolute Gasteiger partial charge is 0.252 e. The first-order chi connectivity index (χ1) is 67.9. The average molecular weight is 1800 g/mol. The van der Waals surface area contributed by atoms with Gasteiger partial charge in [0.15, 0.2) is 23.3 Å². The van der Waals surface area contributed by atoms with Crippen molar-refractivity contribution in [2.24, 2.45) is 0 Å². The lowest BCUT2D eigenvalue weighted by molar-refractivity contribution is 0.568. The van der Waals surface area contributed by atoms with Crippen LogP contribution in [0, 0.1) is 0 Å². The number of rotatable bonds is 16. The SMILES string of the molecule is CC(C)(C)c1cc(-c2ccc3c(c2)N(c2cc(-c4ccccc4)cc(-c4ccccc4)c2)c2cc(-c4ccc5c(c4)c4ccccc4n5-c4ccc(-c5nc(-c6ccccc6)cc(-c6ccccc6)n5)cc4-c4nc(-c5ccccc5)nc(-c5ccccc5)n4)cc4c2B3c2ccc(-c3cc(C(C)(C)C)cc(C(C)(C)C)c3)cc2N4c2cc(-c3ccccc3)cc(-c3ccccc3)c2)cc(C(C)(C)C)c1. The predicted octanol–water partition coefficient (Wildman–Crippen LogP) is 32.7. The summed E-state index contributed by atoms with van der Waals surface area (Å²) in [4.78, 5) is 32.7. The molecule has 0 fully saturated rings. The highest BCUT2D eigenvalue weighted by atomic mass is 15.2. The lowest BCUT2D eigenvalue weighted by Gasteiger charge is -2.45. The van der Waals surface area contributed by atoms with Crippen molar-refractivity contribution in [1.29, 1.82) is 0 Å². The van der Waals surface area contributed by atoms with Gasteiger partial charge in [-0.3, -0.25) is 0 Å². The molecule has 0 spiro atoms. The molecule has 2 aliphatic rings. The molecule has 0 N–H and O–H groups in total. The fourth-order valence-corrected chi connectivity index (χ4v) is 20.5. The normalized spacial score (nSPS) is 12.5. The van der Waals surface area contributed by atoms with Gasteiger partial charge in [-0.05, 0) is 241 Å². The van der Waals surface area contributed by atoms with E-state index >= 15 is 0 Å². The summed E-state index contributed by atoms with van der Waals surface area (Å²) in [7, 11) is 0. The monoisotopic (exact) mass is 1800 g/mol. The molecular weight excluding hydrogens is 1700 g/mol. The van der Waals surface area contributed by atoms with Crippen LogP contribution in [0.1, 0.15) is 105 Å². The highest BCUT2D eigenvalue weighted by Crippen LogP contribution is 2.53. The van der Waals surface area contributed by atoms with Crippen molar-refractivity contribution in [3.05, 3.63) is 453 Å². The Labute approximate surface area is 822 Å². The largest absolute Gasteiger partial charge is 0.311 e. The number of nitrogens with zero attached hydrogens (tertiary/aromatic N) is 8. The first kappa shape index (κ1) is 87.6. The van der Waals surface area contributed by atoms with Gasteiger partial charge >= 0.3 is 0 Å². The molecule has 0 bridgehead atoms. The van der Waals surface area contributed by atoms with E-state index in [4.69, 9.17) is 24.9 Å². The number of para-hydroxylation sites is 1. The van der Waals surface area contributed by atoms with Gasteiger partial charge in [-0.2, -0.15) is 0 Å². The summed E-state index contributed by atoms with van der Waals surface area (Å²) in [5.74, 6) is 2.16. The molecule has 0 unspecified atom stereocenters. The Morgan fingerprint density at radius 1 is 0.193 bits per heavy atom. The molecule has 3 aromatic heterocycles. The van der Waals surface area contributed by atoms with Gasteiger partial charge in [-0.25, -0.2) is 24.9 Å². The van der Waals surface area contributed by atoms with Crippen LogP contribution in [0.5, 0.6) is 0 Å². The van der Waals surface area contributed by atoms with Gasteiger partial charge in [0.1, 0.15) is 0 Å². The Kier molecular flexibility index (Phi) is 21.9. The summed E-state index contributed by atoms with van der Waals surface area (Å²) in [5, 5.41) is 2.15. The van der Waals surface area contributed by atoms with Crippen LogP contribution < -0.4 is 26.2 Å². The Morgan fingerprint density at radius 2 is 0.500 bits per heavy atom. The van der Waals surface area contributed by atoms with Gasteiger partial charge in [0, 0.05) is 78.3 Å². The zero-order chi connectivity index (χ0) is 95.5. The summed E-state index contributed by atoms with van der Waals surface area (Å²) in [5.41, 5.74) is 40.2. The van der Waals surface area contributed by atoms with E-state index in [0.29, 0.717) is 23.3 Å². The van der Waals surface area contributed by atoms with E-state index in [-0.39, 0.29) is 28.4 Å². The van der Waals surface area contributed by atoms with Crippen molar-refractivity contribution in [3.63, 3.8) is 0 Å². The molecule has 2 aliphatic heterocycles. The Morgan fingerprint density at radius 3 is 0.893 bits per heavy atom. The van der Waals surface area contributed by atoms with Crippen LogP contribution in [-0.4, -0.2) is 36.2 Å². The topological polar surface area (TPSA) is 75.9 Å². The molecule has 23 rings (SSSR count). The van der Waals surface area contributed by atoms with Crippen molar-refractivity contribution < 1.29 is 0 Å². The van der Waals surface area contributed by atoms with Gasteiger partial charge < -0.3 is 14.4 Å². The van der Waals surface area contributed by atoms with Crippen LogP contribution in [0.4, 0.5) is 34.1 Å². The van der Waals surface area contributed by atoms with E-state index < -0.39 is 0 Å². The van der Waals surface area contributed by atoms with Crippen LogP contribution in [0.25, 0.3) is 173 Å². The molecule has 674 valence electrons. The molecule has 18 aromatic carbocycles. The van der Waals surface area contributed by atoms with Crippen molar-refractivity contribution in [2.45, 2.75) is 105 Å². The molecule has 0 saturated carbocycles. The summed E-state index contributed by atoms with van der Waals surface area (Å²) in [6, 6.07) is 159. The standard InChI is InChI=1S/C131H107BN8/c1-128(2,3)103-67-100(68-104(81-103)129(4,5)6)93-57-61-112-119(77-93)138(107-71-96(84-39-21-13-22-40-84)65-97(72-107)85-41-23-14-24-42-85)121-79-102(80-122-123(121)132(112)113-62-58-94(101-69-105(130(7,8)9)82-106(70-101)131(10,11)12)78-120(113)139(122)108-73-98(86-43-25-15-26-44-86)66-99(74-108)87-45-27-16-28-46-87)92-59-63-117-110(75-92)109-55-37-38-56-116(109)140(117)118-64-60-95(126-133-114(88-47-29-17-30-48-88)83-115(134-126)89-49-31-18-32-50-89)76-111(118)127-136-124(90-51-33-19-34-52-90)135-125(137-127)91-53-35-20-36-54-91/h13-83H,1-12H3. The molecule has 5 heterocycles. The second-order valence-corrected chi connectivity index (χ2v) is 41.7. The molecule has 0 saturated heterocycles. The third-order valence-electron chi connectivity index (χ3n) is 28.2. The van der Waals surface area contributed by atoms with E-state index in [2.05, 4.69) is 480 Å². The van der Waals surface area contributed by atoms with Crippen molar-refractivity contribution in [1.82, 2.24) is 29.5 Å². The van der Waals surface area contributed by atoms with E-state index in [1.165, 1.54) is 49.8 Å². The summed E-state index contributed by atoms with van der Waals surface area (Å²) < 4.78 is 2.42. The second-order valence-electron chi connectivity index (χ2n) is 41.7. The van der Waals surface area contributed by atoms with Crippen LogP contribution in [0.2, 0.25) is 0 Å². The van der Waals surface area contributed by atoms with Crippen LogP contribution in [0.15, 0.2) is 431 Å². The molecular formula is C131H107BN8. The molecule has 0 atom stereocenters. The maximum absolute atomic E-state index is 5.58. The molecule has 8 nitrogen and oxygen atoms in total. The van der Waals surface area contributed by atoms with E-state index in [0.717, 1.165) is 173 Å². The van der Waals surface area contributed by atoms with Gasteiger partial charge in [-0.15, -0.1) is 0 Å². The van der Waals surface area contributed by atoms with E-state index in [1.54, 1.807) is 0 Å². The maximum atomic E-state index is 5.58. The third kappa shape index (κ3) is 16.6. The number of anilines is 6. The van der Waals surface area contributed by atoms with Crippen LogP contribution >= 0.6 is 0 Å². The van der Waals surface area contributed by atoms with Crippen molar-refractivity contribution in [3.8, 4) is 152 Å². The lowest BCUT2D eigenvalue weighted by Crippen LogP contribution is -2.61. The van der Waals surface area contributed by atoms with E-state index in [9.17, 15) is 0 Å². The number of hydrogen-bond acceptors (Lipinski definition) is 7. The molecule has 9 heteroatoms. The summed E-state index contributed by atoms with van der Waals surface area (Å²) in [6.07, 6.45) is 0. The summed E-state index contributed by atoms with van der Waals surface area (Å²) in [6.45, 7) is 27.9. The van der Waals surface area contributed by atoms with E-state index in [1.807, 2.05) is 48.5 Å². The highest BCUT2D eigenvalue weighted by molar-refractivity contribution is 7.00. The van der Waals surface area contributed by atoms with Gasteiger partial charge in [0.2, 0.25) is 0 Å². The van der Waals surface area contributed by atoms with Gasteiger partial charge in [-0.1, -0.05) is 411 Å². The van der Waals surface area contributed by atoms with Crippen LogP contribution in [0.3, 0.4) is 0 Å². The zero-order valence-corrected chi connectivity index (χ0v) is 81.1. The molecule has 21 aromatic rings. The van der Waals surface area contributed by atoms with Crippen LogP contribution in [-0.2, 0) is 21.7 Å². The molecule has 140 heavy (non-hydrogen) atoms. The fraction of sp³-hybridized carbons (Fsp3) is 0.122. The first-order valence-corrected chi connectivity index (χ1v) is 48.8. The lowest BCUT2D eigenvalue weighted by atomic mass is 9.33. The van der Waals surface area contributed by atoms with Gasteiger partial charge in [0.05, 0.1) is 28.1 Å².